The quantitative estimate of drug-likeness (QED) is 0.619. The number of rotatable bonds is 4. The van der Waals surface area contributed by atoms with E-state index in [1.807, 2.05) is 46.8 Å². The van der Waals surface area contributed by atoms with Crippen molar-refractivity contribution in [1.82, 2.24) is 5.32 Å². The Hall–Kier alpha value is -2.56. The molecule has 0 aromatic heterocycles. The summed E-state index contributed by atoms with van der Waals surface area (Å²) in [4.78, 5) is 12.7. The molecule has 0 spiro atoms. The SMILES string of the molecule is Cc1ccc(S(=O)(=O)N2CC(NC(=O)OC(C)(C)C)c3ccc(B4OC(C)(C)C(C)(C)O4)cc32)cc1. The first-order valence-electron chi connectivity index (χ1n) is 12.1. The highest BCUT2D eigenvalue weighted by atomic mass is 32.2. The van der Waals surface area contributed by atoms with Crippen LogP contribution in [0, 0.1) is 6.92 Å². The number of sulfonamides is 1. The van der Waals surface area contributed by atoms with Gasteiger partial charge in [0.25, 0.3) is 10.0 Å². The maximum absolute atomic E-state index is 13.7. The lowest BCUT2D eigenvalue weighted by Gasteiger charge is -2.32. The molecule has 36 heavy (non-hydrogen) atoms. The summed E-state index contributed by atoms with van der Waals surface area (Å²) in [6.45, 7) is 15.1. The fraction of sp³-hybridized carbons (Fsp3) is 0.500. The molecule has 1 atom stereocenters. The normalized spacial score (nSPS) is 20.8. The van der Waals surface area contributed by atoms with E-state index in [1.54, 1.807) is 51.1 Å². The van der Waals surface area contributed by atoms with E-state index in [9.17, 15) is 13.2 Å². The topological polar surface area (TPSA) is 94.2 Å². The van der Waals surface area contributed by atoms with Crippen LogP contribution in [0.1, 0.15) is 65.6 Å². The summed E-state index contributed by atoms with van der Waals surface area (Å²) in [5.41, 5.74) is 1.06. The van der Waals surface area contributed by atoms with Gasteiger partial charge in [0.1, 0.15) is 5.60 Å². The molecule has 1 N–H and O–H groups in total. The van der Waals surface area contributed by atoms with Gasteiger partial charge in [-0.15, -0.1) is 0 Å². The molecule has 2 heterocycles. The van der Waals surface area contributed by atoms with Crippen LogP contribution in [0.5, 0.6) is 0 Å². The third-order valence-electron chi connectivity index (χ3n) is 6.87. The number of ether oxygens (including phenoxy) is 1. The van der Waals surface area contributed by atoms with Gasteiger partial charge in [-0.1, -0.05) is 29.8 Å². The van der Waals surface area contributed by atoms with Crippen molar-refractivity contribution in [2.45, 2.75) is 83.1 Å². The second kappa shape index (κ2) is 8.78. The van der Waals surface area contributed by atoms with Gasteiger partial charge in [0.2, 0.25) is 0 Å². The largest absolute Gasteiger partial charge is 0.494 e. The lowest BCUT2D eigenvalue weighted by molar-refractivity contribution is 0.00578. The zero-order valence-electron chi connectivity index (χ0n) is 22.2. The molecule has 2 aliphatic heterocycles. The predicted molar refractivity (Wildman–Crippen MR) is 140 cm³/mol. The summed E-state index contributed by atoms with van der Waals surface area (Å²) in [5, 5.41) is 2.84. The Morgan fingerprint density at radius 2 is 1.64 bits per heavy atom. The zero-order valence-corrected chi connectivity index (χ0v) is 23.0. The molecule has 1 saturated heterocycles. The third-order valence-corrected chi connectivity index (χ3v) is 8.67. The highest BCUT2D eigenvalue weighted by Gasteiger charge is 2.52. The van der Waals surface area contributed by atoms with Crippen LogP contribution in [0.3, 0.4) is 0 Å². The van der Waals surface area contributed by atoms with Gasteiger partial charge < -0.3 is 19.4 Å². The molecule has 0 aliphatic carbocycles. The fourth-order valence-electron chi connectivity index (χ4n) is 4.20. The summed E-state index contributed by atoms with van der Waals surface area (Å²) < 4.78 is 46.6. The lowest BCUT2D eigenvalue weighted by Crippen LogP contribution is -2.41. The number of benzene rings is 2. The van der Waals surface area contributed by atoms with Crippen LogP contribution in [0.15, 0.2) is 47.4 Å². The molecule has 2 aliphatic rings. The van der Waals surface area contributed by atoms with E-state index in [-0.39, 0.29) is 11.4 Å². The van der Waals surface area contributed by atoms with E-state index < -0.39 is 46.1 Å². The molecule has 10 heteroatoms. The van der Waals surface area contributed by atoms with E-state index in [4.69, 9.17) is 14.0 Å². The molecular formula is C26H35BN2O6S. The molecule has 0 radical (unpaired) electrons. The maximum atomic E-state index is 13.7. The number of hydrogen-bond acceptors (Lipinski definition) is 6. The number of nitrogens with zero attached hydrogens (tertiary/aromatic N) is 1. The molecule has 1 unspecified atom stereocenters. The number of carbonyl (C=O) groups excluding carboxylic acids is 1. The highest BCUT2D eigenvalue weighted by Crippen LogP contribution is 2.40. The monoisotopic (exact) mass is 514 g/mol. The summed E-state index contributed by atoms with van der Waals surface area (Å²) in [6.07, 6.45) is -0.608. The van der Waals surface area contributed by atoms with Crippen LogP contribution in [0.2, 0.25) is 0 Å². The first-order chi connectivity index (χ1) is 16.5. The summed E-state index contributed by atoms with van der Waals surface area (Å²) in [7, 11) is -4.55. The first kappa shape index (κ1) is 26.5. The Morgan fingerprint density at radius 3 is 2.19 bits per heavy atom. The Balaban J connectivity index is 1.73. The Morgan fingerprint density at radius 1 is 1.06 bits per heavy atom. The molecule has 2 aromatic rings. The lowest BCUT2D eigenvalue weighted by atomic mass is 9.78. The van der Waals surface area contributed by atoms with Gasteiger partial charge in [-0.05, 0) is 79.1 Å². The van der Waals surface area contributed by atoms with Gasteiger partial charge in [0.15, 0.2) is 0 Å². The van der Waals surface area contributed by atoms with Crippen molar-refractivity contribution < 1.29 is 27.3 Å². The maximum Gasteiger partial charge on any atom is 0.494 e. The number of nitrogens with one attached hydrogen (secondary N) is 1. The minimum absolute atomic E-state index is 0.0393. The van der Waals surface area contributed by atoms with Gasteiger partial charge in [0, 0.05) is 5.56 Å². The minimum Gasteiger partial charge on any atom is -0.444 e. The number of aryl methyl sites for hydroxylation is 1. The second-order valence-electron chi connectivity index (χ2n) is 11.5. The number of hydrogen-bond donors (Lipinski definition) is 1. The van der Waals surface area contributed by atoms with Crippen LogP contribution in [-0.4, -0.2) is 45.0 Å². The van der Waals surface area contributed by atoms with Crippen molar-refractivity contribution in [3.8, 4) is 0 Å². The van der Waals surface area contributed by atoms with Gasteiger partial charge >= 0.3 is 13.2 Å². The second-order valence-corrected chi connectivity index (χ2v) is 13.3. The molecule has 0 bridgehead atoms. The van der Waals surface area contributed by atoms with E-state index in [1.165, 1.54) is 4.31 Å². The van der Waals surface area contributed by atoms with Crippen molar-refractivity contribution in [3.05, 3.63) is 53.6 Å². The van der Waals surface area contributed by atoms with Crippen LogP contribution >= 0.6 is 0 Å². The van der Waals surface area contributed by atoms with Crippen molar-refractivity contribution >= 4 is 34.4 Å². The number of fused-ring (bicyclic) bond motifs is 1. The average molecular weight is 514 g/mol. The minimum atomic E-state index is -3.90. The summed E-state index contributed by atoms with van der Waals surface area (Å²) >= 11 is 0. The van der Waals surface area contributed by atoms with Crippen LogP contribution in [0.25, 0.3) is 0 Å². The van der Waals surface area contributed by atoms with Gasteiger partial charge in [0.05, 0.1) is 34.4 Å². The van der Waals surface area contributed by atoms with Crippen LogP contribution in [-0.2, 0) is 24.1 Å². The summed E-state index contributed by atoms with van der Waals surface area (Å²) in [5.74, 6) is 0. The number of alkyl carbamates (subject to hydrolysis) is 1. The molecule has 1 amide bonds. The van der Waals surface area contributed by atoms with Crippen molar-refractivity contribution in [2.75, 3.05) is 10.8 Å². The average Bonchev–Trinajstić information content (AvgIpc) is 3.20. The molecule has 194 valence electrons. The van der Waals surface area contributed by atoms with Crippen LogP contribution in [0.4, 0.5) is 10.5 Å². The highest BCUT2D eigenvalue weighted by molar-refractivity contribution is 7.92. The molecular weight excluding hydrogens is 479 g/mol. The van der Waals surface area contributed by atoms with Gasteiger partial charge in [-0.25, -0.2) is 13.2 Å². The molecule has 2 aromatic carbocycles. The van der Waals surface area contributed by atoms with Gasteiger partial charge in [-0.3, -0.25) is 4.31 Å². The van der Waals surface area contributed by atoms with Crippen molar-refractivity contribution in [3.63, 3.8) is 0 Å². The van der Waals surface area contributed by atoms with Crippen LogP contribution < -0.4 is 15.1 Å². The third kappa shape index (κ3) is 4.99. The smallest absolute Gasteiger partial charge is 0.444 e. The Bertz CT molecular complexity index is 1250. The van der Waals surface area contributed by atoms with E-state index in [0.29, 0.717) is 16.7 Å². The molecule has 1 fully saturated rings. The van der Waals surface area contributed by atoms with E-state index in [0.717, 1.165) is 5.56 Å². The van der Waals surface area contributed by atoms with E-state index in [2.05, 4.69) is 5.32 Å². The standard InChI is InChI=1S/C26H35BN2O6S/c1-17-9-12-19(13-10-17)36(31,32)29-16-21(28-23(30)33-24(2,3)4)20-14-11-18(15-22(20)29)27-34-25(5,6)26(7,8)35-27/h9-15,21H,16H2,1-8H3,(H,28,30). The molecule has 8 nitrogen and oxygen atoms in total. The van der Waals surface area contributed by atoms with Crippen molar-refractivity contribution in [2.24, 2.45) is 0 Å². The summed E-state index contributed by atoms with van der Waals surface area (Å²) in [6, 6.07) is 11.6. The number of amides is 1. The van der Waals surface area contributed by atoms with E-state index >= 15 is 0 Å². The molecule has 0 saturated carbocycles. The zero-order chi connectivity index (χ0) is 26.7. The Kier molecular flexibility index (Phi) is 6.47. The number of anilines is 1. The number of carbonyl (C=O) groups is 1. The molecule has 4 rings (SSSR count). The van der Waals surface area contributed by atoms with Crippen molar-refractivity contribution in [1.29, 1.82) is 0 Å². The van der Waals surface area contributed by atoms with Gasteiger partial charge in [-0.2, -0.15) is 0 Å². The predicted octanol–water partition coefficient (Wildman–Crippen LogP) is 4.07. The first-order valence-corrected chi connectivity index (χ1v) is 13.5. The fourth-order valence-corrected chi connectivity index (χ4v) is 5.69. The Labute approximate surface area is 214 Å².